The predicted octanol–water partition coefficient (Wildman–Crippen LogP) is 3.01. The third-order valence-electron chi connectivity index (χ3n) is 7.24. The molecule has 0 saturated carbocycles. The molecule has 1 aliphatic carbocycles. The van der Waals surface area contributed by atoms with Crippen molar-refractivity contribution in [1.29, 1.82) is 0 Å². The number of carboxylic acids is 1. The average molecular weight is 465 g/mol. The van der Waals surface area contributed by atoms with Crippen molar-refractivity contribution in [1.82, 2.24) is 10.2 Å². The van der Waals surface area contributed by atoms with E-state index in [-0.39, 0.29) is 25.6 Å². The van der Waals surface area contributed by atoms with E-state index in [1.165, 1.54) is 4.90 Å². The number of hydrogen-bond donors (Lipinski definition) is 2. The number of carboxylic acid groups (broad SMARTS) is 1. The zero-order valence-corrected chi connectivity index (χ0v) is 19.2. The van der Waals surface area contributed by atoms with Crippen LogP contribution in [0.5, 0.6) is 0 Å². The van der Waals surface area contributed by atoms with E-state index in [2.05, 4.69) is 17.4 Å². The van der Waals surface area contributed by atoms with Gasteiger partial charge in [0.05, 0.1) is 6.61 Å². The number of ether oxygens (including phenoxy) is 2. The number of carbonyl (C=O) groups is 3. The van der Waals surface area contributed by atoms with Gasteiger partial charge in [0.25, 0.3) is 5.91 Å². The highest BCUT2D eigenvalue weighted by molar-refractivity contribution is 5.95. The highest BCUT2D eigenvalue weighted by Crippen LogP contribution is 2.44. The van der Waals surface area contributed by atoms with Gasteiger partial charge >= 0.3 is 12.1 Å². The highest BCUT2D eigenvalue weighted by atomic mass is 16.6. The van der Waals surface area contributed by atoms with E-state index in [9.17, 15) is 19.5 Å². The normalized spacial score (nSPS) is 24.6. The quantitative estimate of drug-likeness (QED) is 0.705. The van der Waals surface area contributed by atoms with Crippen molar-refractivity contribution in [2.24, 2.45) is 5.41 Å². The lowest BCUT2D eigenvalue weighted by atomic mass is 9.73. The number of nitrogens with zero attached hydrogens (tertiary/aromatic N) is 1. The lowest BCUT2D eigenvalue weighted by molar-refractivity contribution is -0.175. The van der Waals surface area contributed by atoms with Crippen molar-refractivity contribution in [2.75, 3.05) is 26.4 Å². The van der Waals surface area contributed by atoms with Crippen LogP contribution in [0.2, 0.25) is 0 Å². The van der Waals surface area contributed by atoms with Gasteiger partial charge in [0.2, 0.25) is 0 Å². The van der Waals surface area contributed by atoms with Crippen molar-refractivity contribution in [3.63, 3.8) is 0 Å². The number of nitrogens with one attached hydrogen (secondary N) is 1. The first kappa shape index (κ1) is 22.4. The molecule has 5 rings (SSSR count). The van der Waals surface area contributed by atoms with Crippen LogP contribution in [0, 0.1) is 5.41 Å². The van der Waals surface area contributed by atoms with Gasteiger partial charge < -0.3 is 24.8 Å². The average Bonchev–Trinajstić information content (AvgIpc) is 3.39. The molecule has 0 radical (unpaired) electrons. The maximum Gasteiger partial charge on any atom is 0.408 e. The second-order valence-corrected chi connectivity index (χ2v) is 10.00. The fraction of sp³-hybridized carbons (Fsp3) is 0.423. The van der Waals surface area contributed by atoms with E-state index in [1.807, 2.05) is 50.2 Å². The summed E-state index contributed by atoms with van der Waals surface area (Å²) in [5.41, 5.74) is 2.59. The number of benzene rings is 2. The van der Waals surface area contributed by atoms with Gasteiger partial charge in [-0.1, -0.05) is 62.4 Å². The van der Waals surface area contributed by atoms with Gasteiger partial charge in [0.1, 0.15) is 18.2 Å². The Hall–Kier alpha value is -3.39. The molecule has 2 heterocycles. The Morgan fingerprint density at radius 2 is 1.71 bits per heavy atom. The summed E-state index contributed by atoms with van der Waals surface area (Å²) in [4.78, 5) is 39.4. The maximum atomic E-state index is 13.4. The maximum absolute atomic E-state index is 13.4. The molecule has 0 spiro atoms. The topological polar surface area (TPSA) is 105 Å². The van der Waals surface area contributed by atoms with Gasteiger partial charge in [-0.05, 0) is 22.3 Å². The van der Waals surface area contributed by atoms with Crippen molar-refractivity contribution < 1.29 is 29.0 Å². The second kappa shape index (κ2) is 8.13. The Bertz CT molecular complexity index is 1110. The van der Waals surface area contributed by atoms with Gasteiger partial charge in [-0.25, -0.2) is 9.59 Å². The van der Waals surface area contributed by atoms with Crippen LogP contribution in [0.3, 0.4) is 0 Å². The third-order valence-corrected chi connectivity index (χ3v) is 7.24. The van der Waals surface area contributed by atoms with Crippen LogP contribution < -0.4 is 5.32 Å². The molecule has 8 heteroatoms. The zero-order chi connectivity index (χ0) is 24.1. The van der Waals surface area contributed by atoms with Gasteiger partial charge in [0.15, 0.2) is 0 Å². The first-order valence-corrected chi connectivity index (χ1v) is 11.5. The molecule has 2 aliphatic heterocycles. The Labute approximate surface area is 197 Å². The van der Waals surface area contributed by atoms with Crippen LogP contribution in [0.25, 0.3) is 11.1 Å². The van der Waals surface area contributed by atoms with Crippen LogP contribution in [-0.2, 0) is 19.1 Å². The fourth-order valence-electron chi connectivity index (χ4n) is 5.57. The number of hydrogen-bond acceptors (Lipinski definition) is 5. The summed E-state index contributed by atoms with van der Waals surface area (Å²) in [7, 11) is 0. The fourth-order valence-corrected chi connectivity index (χ4v) is 5.57. The van der Waals surface area contributed by atoms with Crippen LogP contribution in [0.15, 0.2) is 48.5 Å². The number of alkyl carbamates (subject to hydrolysis) is 1. The van der Waals surface area contributed by atoms with Gasteiger partial charge in [0, 0.05) is 30.9 Å². The first-order valence-electron chi connectivity index (χ1n) is 11.5. The van der Waals surface area contributed by atoms with E-state index in [0.29, 0.717) is 13.2 Å². The van der Waals surface area contributed by atoms with Crippen LogP contribution in [-0.4, -0.2) is 65.9 Å². The largest absolute Gasteiger partial charge is 0.480 e. The second-order valence-electron chi connectivity index (χ2n) is 10.00. The predicted molar refractivity (Wildman–Crippen MR) is 123 cm³/mol. The summed E-state index contributed by atoms with van der Waals surface area (Å²) in [5, 5.41) is 12.4. The van der Waals surface area contributed by atoms with Gasteiger partial charge in [-0.2, -0.15) is 0 Å². The third kappa shape index (κ3) is 3.53. The molecule has 3 aliphatic rings. The molecule has 34 heavy (non-hydrogen) atoms. The zero-order valence-electron chi connectivity index (χ0n) is 19.2. The monoisotopic (exact) mass is 464 g/mol. The Kier molecular flexibility index (Phi) is 5.36. The molecule has 2 N–H and O–H groups in total. The molecule has 2 aromatic rings. The van der Waals surface area contributed by atoms with Gasteiger partial charge in [-0.15, -0.1) is 0 Å². The lowest BCUT2D eigenvalue weighted by Gasteiger charge is -2.53. The molecule has 2 amide bonds. The van der Waals surface area contributed by atoms with Crippen molar-refractivity contribution >= 4 is 18.0 Å². The molecule has 0 aromatic heterocycles. The minimum Gasteiger partial charge on any atom is -0.480 e. The van der Waals surface area contributed by atoms with E-state index in [4.69, 9.17) is 9.47 Å². The molecule has 2 atom stereocenters. The molecular formula is C26H28N2O6. The summed E-state index contributed by atoms with van der Waals surface area (Å²) in [6.07, 6.45) is -0.452. The van der Waals surface area contributed by atoms with Crippen molar-refractivity contribution in [2.45, 2.75) is 37.8 Å². The minimum absolute atomic E-state index is 0.0146. The Morgan fingerprint density at radius 3 is 2.24 bits per heavy atom. The standard InChI is InChI=1S/C26H28N2O6/c1-25(2)14-28(21(25)22(29)30)23(31)26(11-12-33-15-26)27-24(32)34-13-20-18-9-5-3-7-16(18)17-8-4-6-10-19(17)20/h3-10,20-21H,11-15H2,1-2H3,(H,27,32)(H,29,30). The molecule has 178 valence electrons. The number of rotatable bonds is 5. The molecule has 0 bridgehead atoms. The van der Waals surface area contributed by atoms with Crippen LogP contribution in [0.4, 0.5) is 4.79 Å². The highest BCUT2D eigenvalue weighted by Gasteiger charge is 2.58. The Balaban J connectivity index is 1.30. The molecule has 2 aromatic carbocycles. The minimum atomic E-state index is -1.33. The summed E-state index contributed by atoms with van der Waals surface area (Å²) in [6.45, 7) is 4.33. The van der Waals surface area contributed by atoms with E-state index >= 15 is 0 Å². The van der Waals surface area contributed by atoms with E-state index < -0.39 is 35.0 Å². The Morgan fingerprint density at radius 1 is 1.09 bits per heavy atom. The number of aliphatic carboxylic acids is 1. The summed E-state index contributed by atoms with van der Waals surface area (Å²) in [6, 6.07) is 15.2. The van der Waals surface area contributed by atoms with Crippen LogP contribution in [0.1, 0.15) is 37.3 Å². The van der Waals surface area contributed by atoms with Gasteiger partial charge in [-0.3, -0.25) is 4.79 Å². The number of carbonyl (C=O) groups excluding carboxylic acids is 2. The summed E-state index contributed by atoms with van der Waals surface area (Å²) in [5.74, 6) is -1.60. The van der Waals surface area contributed by atoms with Crippen LogP contribution >= 0.6 is 0 Å². The molecule has 8 nitrogen and oxygen atoms in total. The summed E-state index contributed by atoms with van der Waals surface area (Å²) < 4.78 is 11.1. The van der Waals surface area contributed by atoms with Crippen molar-refractivity contribution in [3.05, 3.63) is 59.7 Å². The van der Waals surface area contributed by atoms with E-state index in [0.717, 1.165) is 22.3 Å². The molecule has 2 saturated heterocycles. The lowest BCUT2D eigenvalue weighted by Crippen LogP contribution is -2.73. The van der Waals surface area contributed by atoms with Crippen molar-refractivity contribution in [3.8, 4) is 11.1 Å². The smallest absolute Gasteiger partial charge is 0.408 e. The number of fused-ring (bicyclic) bond motifs is 3. The van der Waals surface area contributed by atoms with E-state index in [1.54, 1.807) is 0 Å². The molecular weight excluding hydrogens is 436 g/mol. The number of amides is 2. The number of likely N-dealkylation sites (tertiary alicyclic amines) is 1. The first-order chi connectivity index (χ1) is 16.2. The molecule has 2 fully saturated rings. The SMILES string of the molecule is CC1(C)CN(C(=O)C2(NC(=O)OCC3c4ccccc4-c4ccccc43)CCOC2)C1C(=O)O. The summed E-state index contributed by atoms with van der Waals surface area (Å²) >= 11 is 0. The molecule has 2 unspecified atom stereocenters.